The highest BCUT2D eigenvalue weighted by molar-refractivity contribution is 7.00. The number of hydrogen-bond donors (Lipinski definition) is 0. The van der Waals surface area contributed by atoms with Gasteiger partial charge >= 0.3 is 0 Å². The van der Waals surface area contributed by atoms with Crippen LogP contribution in [-0.2, 0) is 11.8 Å². The summed E-state index contributed by atoms with van der Waals surface area (Å²) in [4.78, 5) is 0. The van der Waals surface area contributed by atoms with E-state index in [4.69, 9.17) is 0 Å². The van der Waals surface area contributed by atoms with E-state index in [0.29, 0.717) is 0 Å². The third kappa shape index (κ3) is 2.43. The molecule has 0 fully saturated rings. The highest BCUT2D eigenvalue weighted by atomic mass is 15.0. The van der Waals surface area contributed by atoms with Crippen molar-refractivity contribution in [3.8, 4) is 5.69 Å². The summed E-state index contributed by atoms with van der Waals surface area (Å²) in [5.41, 5.74) is 18.0. The number of aryl methyl sites for hydroxylation is 1. The lowest BCUT2D eigenvalue weighted by Gasteiger charge is -2.48. The first-order valence-corrected chi connectivity index (χ1v) is 14.7. The normalized spacial score (nSPS) is 15.0. The molecule has 0 aliphatic carbocycles. The molecule has 1 nitrogen and oxygen atoms in total. The molecule has 41 heavy (non-hydrogen) atoms. The van der Waals surface area contributed by atoms with E-state index in [9.17, 15) is 0 Å². The summed E-state index contributed by atoms with van der Waals surface area (Å²) in [6.07, 6.45) is 0.975. The van der Waals surface area contributed by atoms with Gasteiger partial charge in [-0.05, 0) is 69.3 Å². The first kappa shape index (κ1) is 21.9. The Hall–Kier alpha value is -4.82. The van der Waals surface area contributed by atoms with Crippen LogP contribution in [0, 0.1) is 6.92 Å². The Bertz CT molecular complexity index is 2200. The number of para-hydroxylation sites is 1. The summed E-state index contributed by atoms with van der Waals surface area (Å²) in [6, 6.07) is 48.2. The number of rotatable bonds is 2. The van der Waals surface area contributed by atoms with Crippen LogP contribution in [0.15, 0.2) is 127 Å². The van der Waals surface area contributed by atoms with Gasteiger partial charge in [0.15, 0.2) is 0 Å². The molecule has 1 aromatic heterocycles. The van der Waals surface area contributed by atoms with Crippen LogP contribution in [0.1, 0.15) is 38.9 Å². The fourth-order valence-electron chi connectivity index (χ4n) is 8.85. The summed E-state index contributed by atoms with van der Waals surface area (Å²) in [6.45, 7) is 2.54. The zero-order valence-corrected chi connectivity index (χ0v) is 22.9. The van der Waals surface area contributed by atoms with Crippen molar-refractivity contribution in [1.29, 1.82) is 0 Å². The lowest BCUT2D eigenvalue weighted by Crippen LogP contribution is -2.67. The van der Waals surface area contributed by atoms with Gasteiger partial charge < -0.3 is 4.57 Å². The summed E-state index contributed by atoms with van der Waals surface area (Å²) in [5.74, 6) is 0. The Morgan fingerprint density at radius 3 is 2.02 bits per heavy atom. The van der Waals surface area contributed by atoms with Crippen molar-refractivity contribution in [3.05, 3.63) is 166 Å². The molecule has 3 aliphatic heterocycles. The van der Waals surface area contributed by atoms with Gasteiger partial charge in [-0.15, -0.1) is 0 Å². The minimum absolute atomic E-state index is 0.232. The Morgan fingerprint density at radius 1 is 0.561 bits per heavy atom. The summed E-state index contributed by atoms with van der Waals surface area (Å²) < 4.78 is 2.62. The second-order valence-electron chi connectivity index (χ2n) is 12.0. The first-order chi connectivity index (χ1) is 20.3. The fourth-order valence-corrected chi connectivity index (χ4v) is 8.85. The van der Waals surface area contributed by atoms with E-state index in [1.807, 2.05) is 0 Å². The molecule has 0 N–H and O–H groups in total. The van der Waals surface area contributed by atoms with E-state index in [0.717, 1.165) is 6.42 Å². The van der Waals surface area contributed by atoms with E-state index < -0.39 is 5.41 Å². The average Bonchev–Trinajstić information content (AvgIpc) is 3.37. The number of benzene rings is 6. The molecule has 0 bridgehead atoms. The smallest absolute Gasteiger partial charge is 0.248 e. The van der Waals surface area contributed by atoms with Crippen molar-refractivity contribution < 1.29 is 0 Å². The quantitative estimate of drug-likeness (QED) is 0.229. The molecule has 3 aliphatic rings. The Labute approximate surface area is 239 Å². The molecule has 7 aromatic rings. The molecular weight excluding hydrogens is 493 g/mol. The van der Waals surface area contributed by atoms with Gasteiger partial charge in [-0.1, -0.05) is 127 Å². The van der Waals surface area contributed by atoms with Crippen molar-refractivity contribution in [1.82, 2.24) is 4.57 Å². The first-order valence-electron chi connectivity index (χ1n) is 14.7. The van der Waals surface area contributed by atoms with Gasteiger partial charge in [-0.2, -0.15) is 0 Å². The molecule has 10 rings (SSSR count). The van der Waals surface area contributed by atoms with Gasteiger partial charge in [-0.25, -0.2) is 0 Å². The molecule has 0 saturated heterocycles. The predicted molar refractivity (Wildman–Crippen MR) is 171 cm³/mol. The zero-order valence-electron chi connectivity index (χ0n) is 22.9. The lowest BCUT2D eigenvalue weighted by molar-refractivity contribution is 0.747. The Balaban J connectivity index is 1.50. The van der Waals surface area contributed by atoms with E-state index in [1.54, 1.807) is 0 Å². The largest absolute Gasteiger partial charge is 0.310 e. The zero-order chi connectivity index (χ0) is 26.9. The molecule has 0 atom stereocenters. The van der Waals surface area contributed by atoms with E-state index >= 15 is 0 Å². The predicted octanol–water partition coefficient (Wildman–Crippen LogP) is 6.52. The third-order valence-corrected chi connectivity index (χ3v) is 10.3. The molecule has 0 saturated carbocycles. The van der Waals surface area contributed by atoms with Crippen LogP contribution < -0.4 is 16.4 Å². The lowest BCUT2D eigenvalue weighted by atomic mass is 9.27. The van der Waals surface area contributed by atoms with Crippen LogP contribution >= 0.6 is 0 Å². The van der Waals surface area contributed by atoms with Crippen molar-refractivity contribution in [2.24, 2.45) is 0 Å². The van der Waals surface area contributed by atoms with E-state index in [1.165, 1.54) is 82.8 Å². The van der Waals surface area contributed by atoms with Crippen molar-refractivity contribution >= 4 is 44.9 Å². The number of hydrogen-bond acceptors (Lipinski definition) is 0. The van der Waals surface area contributed by atoms with E-state index in [2.05, 4.69) is 139 Å². The van der Waals surface area contributed by atoms with Crippen LogP contribution in [-0.4, -0.2) is 11.3 Å². The SMILES string of the molecule is Cc1ccc2c3c1-n1c4ccccc4c4ccc5c(c41)B3c1c(cccc1C2(c1ccccc1)c1ccccc1)C5. The monoisotopic (exact) mass is 519 g/mol. The molecule has 0 radical (unpaired) electrons. The topological polar surface area (TPSA) is 4.93 Å². The van der Waals surface area contributed by atoms with Crippen LogP contribution in [0.5, 0.6) is 0 Å². The maximum atomic E-state index is 2.62. The second-order valence-corrected chi connectivity index (χ2v) is 12.0. The summed E-state index contributed by atoms with van der Waals surface area (Å²) >= 11 is 0. The minimum atomic E-state index is -0.409. The standard InChI is InChI=1S/C39H26BN/c1-24-19-22-32-36-37(24)41-33-18-9-8-16-29(33)30-21-20-26-23-25-11-10-17-31(34(25)40(36)35(26)38(30)41)39(32,27-12-4-2-5-13-27)28-14-6-3-7-15-28/h2-22H,23H2,1H3. The van der Waals surface area contributed by atoms with E-state index in [-0.39, 0.29) is 6.71 Å². The van der Waals surface area contributed by atoms with Gasteiger partial charge in [0, 0.05) is 22.0 Å². The third-order valence-electron chi connectivity index (χ3n) is 10.3. The maximum absolute atomic E-state index is 2.62. The summed E-state index contributed by atoms with van der Waals surface area (Å²) in [7, 11) is 0. The summed E-state index contributed by atoms with van der Waals surface area (Å²) in [5, 5.41) is 2.72. The second kappa shape index (κ2) is 7.47. The highest BCUT2D eigenvalue weighted by Crippen LogP contribution is 2.49. The molecule has 0 spiro atoms. The molecule has 0 unspecified atom stereocenters. The molecular formula is C39H26BN. The van der Waals surface area contributed by atoms with Gasteiger partial charge in [0.25, 0.3) is 0 Å². The van der Waals surface area contributed by atoms with Crippen LogP contribution in [0.4, 0.5) is 0 Å². The average molecular weight is 519 g/mol. The van der Waals surface area contributed by atoms with Crippen molar-refractivity contribution in [2.45, 2.75) is 18.8 Å². The van der Waals surface area contributed by atoms with Crippen LogP contribution in [0.2, 0.25) is 0 Å². The molecule has 6 aromatic carbocycles. The highest BCUT2D eigenvalue weighted by Gasteiger charge is 2.53. The maximum Gasteiger partial charge on any atom is 0.248 e. The molecule has 0 amide bonds. The molecule has 2 heteroatoms. The molecule has 190 valence electrons. The van der Waals surface area contributed by atoms with Gasteiger partial charge in [-0.3, -0.25) is 0 Å². The molecule has 4 heterocycles. The van der Waals surface area contributed by atoms with Crippen molar-refractivity contribution in [2.75, 3.05) is 0 Å². The Kier molecular flexibility index (Phi) is 4.00. The number of nitrogens with zero attached hydrogens (tertiary/aromatic N) is 1. The number of fused-ring (bicyclic) bond motifs is 4. The van der Waals surface area contributed by atoms with Gasteiger partial charge in [0.1, 0.15) is 0 Å². The minimum Gasteiger partial charge on any atom is -0.310 e. The fraction of sp³-hybridized carbons (Fsp3) is 0.0769. The van der Waals surface area contributed by atoms with Gasteiger partial charge in [0.2, 0.25) is 6.71 Å². The number of aromatic nitrogens is 1. The van der Waals surface area contributed by atoms with Crippen LogP contribution in [0.25, 0.3) is 27.5 Å². The van der Waals surface area contributed by atoms with Crippen molar-refractivity contribution in [3.63, 3.8) is 0 Å². The Morgan fingerprint density at radius 2 is 1.24 bits per heavy atom. The van der Waals surface area contributed by atoms with Crippen LogP contribution in [0.3, 0.4) is 0 Å². The van der Waals surface area contributed by atoms with Gasteiger partial charge in [0.05, 0.1) is 10.9 Å².